The zero-order chi connectivity index (χ0) is 14.9. The van der Waals surface area contributed by atoms with Crippen LogP contribution in [0.1, 0.15) is 0 Å². The van der Waals surface area contributed by atoms with E-state index in [1.165, 1.54) is 23.1 Å². The summed E-state index contributed by atoms with van der Waals surface area (Å²) in [6, 6.07) is -0.791. The zero-order valence-corrected chi connectivity index (χ0v) is 13.4. The van der Waals surface area contributed by atoms with Gasteiger partial charge in [0.15, 0.2) is 4.60 Å². The van der Waals surface area contributed by atoms with Crippen molar-refractivity contribution in [2.75, 3.05) is 26.7 Å². The van der Waals surface area contributed by atoms with Gasteiger partial charge in [0, 0.05) is 33.7 Å². The first-order valence-corrected chi connectivity index (χ1v) is 8.12. The lowest BCUT2D eigenvalue weighted by molar-refractivity contribution is -0.124. The largest absolute Gasteiger partial charge is 0.358 e. The van der Waals surface area contributed by atoms with Gasteiger partial charge >= 0.3 is 0 Å². The van der Waals surface area contributed by atoms with E-state index < -0.39 is 16.1 Å². The Morgan fingerprint density at radius 1 is 1.55 bits per heavy atom. The van der Waals surface area contributed by atoms with Gasteiger partial charge in [-0.15, -0.1) is 5.10 Å². The lowest BCUT2D eigenvalue weighted by Gasteiger charge is -2.33. The molecule has 1 aliphatic rings. The molecule has 1 aromatic rings. The Morgan fingerprint density at radius 2 is 2.25 bits per heavy atom. The Bertz CT molecular complexity index is 596. The van der Waals surface area contributed by atoms with E-state index in [1.54, 1.807) is 0 Å². The van der Waals surface area contributed by atoms with E-state index in [0.29, 0.717) is 6.54 Å². The molecule has 20 heavy (non-hydrogen) atoms. The molecule has 1 unspecified atom stereocenters. The number of sulfonamides is 1. The summed E-state index contributed by atoms with van der Waals surface area (Å²) in [5, 5.41) is 12.8. The van der Waals surface area contributed by atoms with E-state index in [0.717, 1.165) is 0 Å². The number of nitrogens with zero attached hydrogens (tertiary/aromatic N) is 4. The lowest BCUT2D eigenvalue weighted by Crippen LogP contribution is -2.59. The molecule has 0 radical (unpaired) electrons. The molecule has 2 heterocycles. The summed E-state index contributed by atoms with van der Waals surface area (Å²) in [4.78, 5) is 11.9. The second-order valence-electron chi connectivity index (χ2n) is 4.26. The Morgan fingerprint density at radius 3 is 2.80 bits per heavy atom. The molecule has 0 aromatic carbocycles. The number of nitrogens with one attached hydrogen (secondary N) is 2. The maximum Gasteiger partial charge on any atom is 0.263 e. The number of aromatic nitrogens is 3. The number of halogens is 1. The molecule has 1 atom stereocenters. The minimum absolute atomic E-state index is 0.0618. The Kier molecular flexibility index (Phi) is 4.42. The fourth-order valence-corrected chi connectivity index (χ4v) is 4.70. The summed E-state index contributed by atoms with van der Waals surface area (Å²) in [5.74, 6) is -0.355. The van der Waals surface area contributed by atoms with E-state index >= 15 is 0 Å². The van der Waals surface area contributed by atoms with Gasteiger partial charge in [-0.2, -0.15) is 4.31 Å². The third-order valence-electron chi connectivity index (χ3n) is 3.03. The highest BCUT2D eigenvalue weighted by Crippen LogP contribution is 2.24. The third kappa shape index (κ3) is 2.57. The molecular formula is C9H15BrN6O3S. The zero-order valence-electron chi connectivity index (χ0n) is 11.0. The van der Waals surface area contributed by atoms with Crippen molar-refractivity contribution in [3.8, 4) is 0 Å². The molecular weight excluding hydrogens is 352 g/mol. The van der Waals surface area contributed by atoms with E-state index in [9.17, 15) is 13.2 Å². The number of carbonyl (C=O) groups excluding carboxylic acids is 1. The van der Waals surface area contributed by atoms with Gasteiger partial charge in [-0.1, -0.05) is 5.21 Å². The van der Waals surface area contributed by atoms with E-state index in [2.05, 4.69) is 36.9 Å². The van der Waals surface area contributed by atoms with E-state index in [1.807, 2.05) is 0 Å². The number of hydrogen-bond acceptors (Lipinski definition) is 6. The molecule has 2 N–H and O–H groups in total. The van der Waals surface area contributed by atoms with Crippen molar-refractivity contribution in [3.05, 3.63) is 4.60 Å². The summed E-state index contributed by atoms with van der Waals surface area (Å²) < 4.78 is 27.9. The van der Waals surface area contributed by atoms with Gasteiger partial charge in [0.05, 0.1) is 0 Å². The first kappa shape index (κ1) is 15.4. The Labute approximate surface area is 124 Å². The second-order valence-corrected chi connectivity index (χ2v) is 6.82. The van der Waals surface area contributed by atoms with Crippen LogP contribution in [0.2, 0.25) is 0 Å². The number of rotatable bonds is 3. The van der Waals surface area contributed by atoms with Crippen LogP contribution in [0, 0.1) is 0 Å². The van der Waals surface area contributed by atoms with E-state index in [4.69, 9.17) is 0 Å². The second kappa shape index (κ2) is 5.76. The van der Waals surface area contributed by atoms with Crippen LogP contribution in [0.4, 0.5) is 0 Å². The summed E-state index contributed by atoms with van der Waals surface area (Å²) in [7, 11) is -0.897. The number of amides is 1. The van der Waals surface area contributed by atoms with Crippen LogP contribution >= 0.6 is 15.9 Å². The number of likely N-dealkylation sites (N-methyl/N-ethyl adjacent to an activating group) is 1. The van der Waals surface area contributed by atoms with Gasteiger partial charge in [0.1, 0.15) is 6.04 Å². The molecule has 0 saturated carbocycles. The monoisotopic (exact) mass is 366 g/mol. The maximum atomic E-state index is 12.7. The van der Waals surface area contributed by atoms with Crippen LogP contribution in [0.5, 0.6) is 0 Å². The lowest BCUT2D eigenvalue weighted by atomic mass is 10.2. The predicted molar refractivity (Wildman–Crippen MR) is 73.3 cm³/mol. The maximum absolute atomic E-state index is 12.7. The van der Waals surface area contributed by atoms with Crippen LogP contribution < -0.4 is 10.6 Å². The van der Waals surface area contributed by atoms with Crippen molar-refractivity contribution in [1.82, 2.24) is 29.9 Å². The summed E-state index contributed by atoms with van der Waals surface area (Å²) in [6.45, 7) is 0.954. The molecule has 9 nitrogen and oxygen atoms in total. The van der Waals surface area contributed by atoms with Crippen molar-refractivity contribution < 1.29 is 13.2 Å². The first-order chi connectivity index (χ1) is 9.39. The number of piperazine rings is 1. The summed E-state index contributed by atoms with van der Waals surface area (Å²) >= 11 is 3.08. The van der Waals surface area contributed by atoms with Crippen molar-refractivity contribution in [1.29, 1.82) is 0 Å². The van der Waals surface area contributed by atoms with Crippen LogP contribution in [0.3, 0.4) is 0 Å². The SMILES string of the molecule is CNC(=O)C1CNCCN1S(=O)(=O)c1c(Br)nnn1C. The molecule has 11 heteroatoms. The molecule has 2 rings (SSSR count). The van der Waals surface area contributed by atoms with Gasteiger partial charge in [0.25, 0.3) is 10.0 Å². The molecule has 1 aliphatic heterocycles. The average Bonchev–Trinajstić information content (AvgIpc) is 2.77. The summed E-state index contributed by atoms with van der Waals surface area (Å²) in [5.41, 5.74) is 0. The van der Waals surface area contributed by atoms with Gasteiger partial charge in [0.2, 0.25) is 10.9 Å². The fourth-order valence-electron chi connectivity index (χ4n) is 2.07. The molecule has 0 spiro atoms. The minimum atomic E-state index is -3.86. The van der Waals surface area contributed by atoms with Crippen LogP contribution in [0.15, 0.2) is 9.63 Å². The van der Waals surface area contributed by atoms with Crippen molar-refractivity contribution in [2.45, 2.75) is 11.1 Å². The van der Waals surface area contributed by atoms with Crippen molar-refractivity contribution in [3.63, 3.8) is 0 Å². The molecule has 0 bridgehead atoms. The van der Waals surface area contributed by atoms with Gasteiger partial charge in [-0.05, 0) is 15.9 Å². The molecule has 1 fully saturated rings. The van der Waals surface area contributed by atoms with E-state index in [-0.39, 0.29) is 28.6 Å². The van der Waals surface area contributed by atoms with Crippen molar-refractivity contribution in [2.24, 2.45) is 7.05 Å². The van der Waals surface area contributed by atoms with Gasteiger partial charge < -0.3 is 10.6 Å². The standard InChI is InChI=1S/C9H15BrN6O3S/c1-11-8(17)6-5-12-3-4-16(6)20(18,19)9-7(10)13-14-15(9)2/h6,12H,3-5H2,1-2H3,(H,11,17). The predicted octanol–water partition coefficient (Wildman–Crippen LogP) is -1.71. The topological polar surface area (TPSA) is 109 Å². The quantitative estimate of drug-likeness (QED) is 0.658. The fraction of sp³-hybridized carbons (Fsp3) is 0.667. The van der Waals surface area contributed by atoms with Gasteiger partial charge in [-0.3, -0.25) is 4.79 Å². The Balaban J connectivity index is 2.44. The highest BCUT2D eigenvalue weighted by atomic mass is 79.9. The summed E-state index contributed by atoms with van der Waals surface area (Å²) in [6.07, 6.45) is 0. The molecule has 1 aromatic heterocycles. The number of aryl methyl sites for hydroxylation is 1. The van der Waals surface area contributed by atoms with Gasteiger partial charge in [-0.25, -0.2) is 13.1 Å². The highest BCUT2D eigenvalue weighted by molar-refractivity contribution is 9.10. The number of carbonyl (C=O) groups is 1. The Hall–Kier alpha value is -1.04. The molecule has 1 saturated heterocycles. The van der Waals surface area contributed by atoms with Crippen LogP contribution in [-0.4, -0.2) is 66.3 Å². The first-order valence-electron chi connectivity index (χ1n) is 5.89. The minimum Gasteiger partial charge on any atom is -0.358 e. The molecule has 1 amide bonds. The number of hydrogen-bond donors (Lipinski definition) is 2. The third-order valence-corrected chi connectivity index (χ3v) is 5.83. The molecule has 112 valence electrons. The highest BCUT2D eigenvalue weighted by Gasteiger charge is 2.40. The van der Waals surface area contributed by atoms with Crippen LogP contribution in [-0.2, 0) is 21.9 Å². The average molecular weight is 367 g/mol. The van der Waals surface area contributed by atoms with Crippen LogP contribution in [0.25, 0.3) is 0 Å². The molecule has 0 aliphatic carbocycles. The van der Waals surface area contributed by atoms with Crippen molar-refractivity contribution >= 4 is 31.9 Å². The smallest absolute Gasteiger partial charge is 0.263 e. The normalized spacial score (nSPS) is 20.9.